The Kier molecular flexibility index (Phi) is 8.74. The first-order valence-corrected chi connectivity index (χ1v) is 13.8. The molecule has 0 saturated carbocycles. The minimum Gasteiger partial charge on any atom is -0.473 e. The molecule has 1 aromatic heterocycles. The molecule has 0 atom stereocenters. The quantitative estimate of drug-likeness (QED) is 0.381. The fraction of sp³-hybridized carbons (Fsp3) is 0.387. The first-order chi connectivity index (χ1) is 19.8. The number of hydrogen-bond acceptors (Lipinski definition) is 7. The summed E-state index contributed by atoms with van der Waals surface area (Å²) in [7, 11) is 0. The molecule has 10 heteroatoms. The number of nitrogens with zero attached hydrogens (tertiary/aromatic N) is 5. The van der Waals surface area contributed by atoms with E-state index in [1.165, 1.54) is 17.7 Å². The fourth-order valence-corrected chi connectivity index (χ4v) is 5.30. The molecule has 0 unspecified atom stereocenters. The second-order valence-corrected chi connectivity index (χ2v) is 10.6. The van der Waals surface area contributed by atoms with Crippen LogP contribution in [0.1, 0.15) is 48.1 Å². The molecule has 3 heterocycles. The van der Waals surface area contributed by atoms with E-state index in [0.29, 0.717) is 36.3 Å². The van der Waals surface area contributed by atoms with Gasteiger partial charge in [0.1, 0.15) is 11.8 Å². The average molecular weight is 563 g/mol. The highest BCUT2D eigenvalue weighted by Gasteiger charge is 2.30. The SMILES string of the molecule is C=C(NC1CCN(Cc2ccc(C#N)cc2)CC1)c1cnc(OC2CCN(c3ccc(C(F)(F)F)cc3)CC2)cn1. The van der Waals surface area contributed by atoms with E-state index < -0.39 is 11.7 Å². The van der Waals surface area contributed by atoms with Crippen LogP contribution < -0.4 is 15.0 Å². The standard InChI is InChI=1S/C31H33F3N6O/c1-22(38-26-10-14-39(15-11-26)21-24-4-2-23(18-35)3-5-24)29-19-37-30(20-36-29)41-28-12-16-40(17-13-28)27-8-6-25(7-9-27)31(32,33)34/h2-9,19-20,26,28,38H,1,10-17,21H2. The zero-order chi connectivity index (χ0) is 28.8. The van der Waals surface area contributed by atoms with Crippen molar-refractivity contribution in [3.05, 3.63) is 89.9 Å². The van der Waals surface area contributed by atoms with Gasteiger partial charge in [-0.05, 0) is 54.8 Å². The molecule has 0 bridgehead atoms. The third kappa shape index (κ3) is 7.55. The van der Waals surface area contributed by atoms with Gasteiger partial charge in [-0.15, -0.1) is 0 Å². The Bertz CT molecular complexity index is 1340. The lowest BCUT2D eigenvalue weighted by Gasteiger charge is -2.33. The first-order valence-electron chi connectivity index (χ1n) is 13.8. The summed E-state index contributed by atoms with van der Waals surface area (Å²) in [5, 5.41) is 12.5. The van der Waals surface area contributed by atoms with Crippen molar-refractivity contribution in [2.45, 2.75) is 50.6 Å². The van der Waals surface area contributed by atoms with Crippen LogP contribution in [0.3, 0.4) is 0 Å². The highest BCUT2D eigenvalue weighted by molar-refractivity contribution is 5.57. The lowest BCUT2D eigenvalue weighted by molar-refractivity contribution is -0.137. The maximum absolute atomic E-state index is 12.8. The minimum absolute atomic E-state index is 0.0309. The summed E-state index contributed by atoms with van der Waals surface area (Å²) in [6.07, 6.45) is 2.39. The van der Waals surface area contributed by atoms with E-state index in [9.17, 15) is 13.2 Å². The number of benzene rings is 2. The molecular formula is C31H33F3N6O. The van der Waals surface area contributed by atoms with Crippen molar-refractivity contribution in [3.63, 3.8) is 0 Å². The zero-order valence-corrected chi connectivity index (χ0v) is 22.8. The van der Waals surface area contributed by atoms with Gasteiger partial charge in [0.25, 0.3) is 0 Å². The molecular weight excluding hydrogens is 529 g/mol. The first kappa shape index (κ1) is 28.4. The topological polar surface area (TPSA) is 77.3 Å². The van der Waals surface area contributed by atoms with E-state index in [1.54, 1.807) is 12.4 Å². The maximum atomic E-state index is 12.8. The second-order valence-electron chi connectivity index (χ2n) is 10.6. The molecule has 2 aromatic carbocycles. The molecule has 214 valence electrons. The van der Waals surface area contributed by atoms with Crippen LogP contribution >= 0.6 is 0 Å². The average Bonchev–Trinajstić information content (AvgIpc) is 2.99. The van der Waals surface area contributed by atoms with E-state index in [2.05, 4.69) is 37.7 Å². The summed E-state index contributed by atoms with van der Waals surface area (Å²) in [4.78, 5) is 13.4. The van der Waals surface area contributed by atoms with Gasteiger partial charge in [0.05, 0.1) is 35.3 Å². The molecule has 1 N–H and O–H groups in total. The third-order valence-corrected chi connectivity index (χ3v) is 7.68. The summed E-state index contributed by atoms with van der Waals surface area (Å²) < 4.78 is 44.5. The smallest absolute Gasteiger partial charge is 0.416 e. The number of rotatable bonds is 8. The van der Waals surface area contributed by atoms with E-state index in [1.807, 2.05) is 24.3 Å². The monoisotopic (exact) mass is 562 g/mol. The number of anilines is 1. The molecule has 7 nitrogen and oxygen atoms in total. The Morgan fingerprint density at radius 1 is 0.951 bits per heavy atom. The number of aromatic nitrogens is 2. The number of halogens is 3. The Morgan fingerprint density at radius 2 is 1.63 bits per heavy atom. The van der Waals surface area contributed by atoms with Gasteiger partial charge >= 0.3 is 6.18 Å². The van der Waals surface area contributed by atoms with E-state index in [4.69, 9.17) is 10.00 Å². The van der Waals surface area contributed by atoms with Crippen LogP contribution in [0.5, 0.6) is 5.88 Å². The van der Waals surface area contributed by atoms with E-state index in [-0.39, 0.29) is 6.10 Å². The molecule has 5 rings (SSSR count). The number of alkyl halides is 3. The van der Waals surface area contributed by atoms with Gasteiger partial charge in [-0.1, -0.05) is 18.7 Å². The molecule has 2 saturated heterocycles. The van der Waals surface area contributed by atoms with Crippen LogP contribution in [0.15, 0.2) is 67.5 Å². The molecule has 0 aliphatic carbocycles. The molecule has 2 fully saturated rings. The van der Waals surface area contributed by atoms with Crippen LogP contribution in [0.25, 0.3) is 5.70 Å². The highest BCUT2D eigenvalue weighted by Crippen LogP contribution is 2.31. The summed E-state index contributed by atoms with van der Waals surface area (Å²) in [6, 6.07) is 15.5. The predicted octanol–water partition coefficient (Wildman–Crippen LogP) is 5.64. The van der Waals surface area contributed by atoms with Crippen molar-refractivity contribution in [2.75, 3.05) is 31.1 Å². The number of likely N-dealkylation sites (tertiary alicyclic amines) is 1. The number of ether oxygens (including phenoxy) is 1. The predicted molar refractivity (Wildman–Crippen MR) is 151 cm³/mol. The molecule has 0 spiro atoms. The number of hydrogen-bond donors (Lipinski definition) is 1. The lowest BCUT2D eigenvalue weighted by atomic mass is 10.0. The molecule has 0 radical (unpaired) electrons. The summed E-state index contributed by atoms with van der Waals surface area (Å²) >= 11 is 0. The van der Waals surface area contributed by atoms with Crippen LogP contribution in [0.2, 0.25) is 0 Å². The normalized spacial score (nSPS) is 17.2. The van der Waals surface area contributed by atoms with Crippen molar-refractivity contribution in [2.24, 2.45) is 0 Å². The molecule has 0 amide bonds. The van der Waals surface area contributed by atoms with Gasteiger partial charge in [0.15, 0.2) is 0 Å². The second kappa shape index (κ2) is 12.6. The Morgan fingerprint density at radius 3 is 2.22 bits per heavy atom. The summed E-state index contributed by atoms with van der Waals surface area (Å²) in [5.41, 5.74) is 3.44. The summed E-state index contributed by atoms with van der Waals surface area (Å²) in [6.45, 7) is 8.36. The molecule has 2 aliphatic heterocycles. The van der Waals surface area contributed by atoms with Gasteiger partial charge in [-0.3, -0.25) is 4.90 Å². The van der Waals surface area contributed by atoms with Crippen molar-refractivity contribution < 1.29 is 17.9 Å². The summed E-state index contributed by atoms with van der Waals surface area (Å²) in [5.74, 6) is 0.450. The van der Waals surface area contributed by atoms with Crippen molar-refractivity contribution in [1.82, 2.24) is 20.2 Å². The van der Waals surface area contributed by atoms with Crippen LogP contribution in [0, 0.1) is 11.3 Å². The fourth-order valence-electron chi connectivity index (χ4n) is 5.30. The van der Waals surface area contributed by atoms with Crippen LogP contribution in [0.4, 0.5) is 18.9 Å². The van der Waals surface area contributed by atoms with E-state index >= 15 is 0 Å². The van der Waals surface area contributed by atoms with Gasteiger partial charge in [0.2, 0.25) is 5.88 Å². The van der Waals surface area contributed by atoms with Gasteiger partial charge in [-0.2, -0.15) is 18.4 Å². The molecule has 2 aliphatic rings. The van der Waals surface area contributed by atoms with Gasteiger partial charge in [-0.25, -0.2) is 9.97 Å². The van der Waals surface area contributed by atoms with Crippen molar-refractivity contribution in [3.8, 4) is 11.9 Å². The minimum atomic E-state index is -4.33. The van der Waals surface area contributed by atoms with Crippen molar-refractivity contribution in [1.29, 1.82) is 5.26 Å². The van der Waals surface area contributed by atoms with Crippen molar-refractivity contribution >= 4 is 11.4 Å². The molecule has 3 aromatic rings. The number of piperidine rings is 2. The zero-order valence-electron chi connectivity index (χ0n) is 22.8. The highest BCUT2D eigenvalue weighted by atomic mass is 19.4. The Labute approximate surface area is 238 Å². The third-order valence-electron chi connectivity index (χ3n) is 7.68. The van der Waals surface area contributed by atoms with E-state index in [0.717, 1.165) is 68.8 Å². The lowest BCUT2D eigenvalue weighted by Crippen LogP contribution is -2.41. The van der Waals surface area contributed by atoms with Gasteiger partial charge < -0.3 is 15.0 Å². The Balaban J connectivity index is 1.04. The largest absolute Gasteiger partial charge is 0.473 e. The number of nitriles is 1. The van der Waals surface area contributed by atoms with Crippen LogP contribution in [-0.2, 0) is 12.7 Å². The number of nitrogens with one attached hydrogen (secondary N) is 1. The van der Waals surface area contributed by atoms with Gasteiger partial charge in [0, 0.05) is 57.3 Å². The molecule has 41 heavy (non-hydrogen) atoms. The maximum Gasteiger partial charge on any atom is 0.416 e. The van der Waals surface area contributed by atoms with Crippen LogP contribution in [-0.4, -0.2) is 53.2 Å². The Hall–Kier alpha value is -4.10.